The van der Waals surface area contributed by atoms with Gasteiger partial charge in [0.1, 0.15) is 11.9 Å². The zero-order valence-corrected chi connectivity index (χ0v) is 9.30. The molecular formula is C11H11FN2O4. The molecule has 96 valence electrons. The van der Waals surface area contributed by atoms with Crippen LogP contribution in [0.25, 0.3) is 0 Å². The van der Waals surface area contributed by atoms with Gasteiger partial charge in [-0.3, -0.25) is 4.90 Å². The van der Waals surface area contributed by atoms with Gasteiger partial charge < -0.3 is 15.6 Å². The molecule has 1 aromatic carbocycles. The van der Waals surface area contributed by atoms with Gasteiger partial charge in [0.25, 0.3) is 0 Å². The summed E-state index contributed by atoms with van der Waals surface area (Å²) in [5, 5.41) is 8.69. The van der Waals surface area contributed by atoms with Crippen LogP contribution in [0.15, 0.2) is 18.2 Å². The molecule has 18 heavy (non-hydrogen) atoms. The van der Waals surface area contributed by atoms with Gasteiger partial charge in [0.2, 0.25) is 0 Å². The standard InChI is InChI=1S/C11H11FN2O4/c12-9-3-6(1-2-8(9)10(15)16)14-5-7(4-13)18-11(14)17/h1-3,7H,4-5,13H2,(H,15,16)/t7-/m0/s1. The summed E-state index contributed by atoms with van der Waals surface area (Å²) in [5.74, 6) is -2.26. The van der Waals surface area contributed by atoms with Crippen molar-refractivity contribution in [1.29, 1.82) is 0 Å². The maximum Gasteiger partial charge on any atom is 0.414 e. The average Bonchev–Trinajstić information content (AvgIpc) is 2.70. The number of rotatable bonds is 3. The summed E-state index contributed by atoms with van der Waals surface area (Å²) in [7, 11) is 0. The third kappa shape index (κ3) is 2.12. The average molecular weight is 254 g/mol. The molecule has 3 N–H and O–H groups in total. The van der Waals surface area contributed by atoms with Crippen LogP contribution in [-0.4, -0.2) is 36.4 Å². The minimum atomic E-state index is -1.36. The summed E-state index contributed by atoms with van der Waals surface area (Å²) < 4.78 is 18.4. The highest BCUT2D eigenvalue weighted by Gasteiger charge is 2.31. The van der Waals surface area contributed by atoms with Crippen LogP contribution in [-0.2, 0) is 4.74 Å². The Hall–Kier alpha value is -2.15. The molecule has 1 fully saturated rings. The quantitative estimate of drug-likeness (QED) is 0.832. The van der Waals surface area contributed by atoms with Crippen LogP contribution in [0, 0.1) is 5.82 Å². The van der Waals surface area contributed by atoms with Crippen LogP contribution in [0.3, 0.4) is 0 Å². The molecule has 1 aliphatic rings. The van der Waals surface area contributed by atoms with E-state index >= 15 is 0 Å². The lowest BCUT2D eigenvalue weighted by Gasteiger charge is -2.13. The smallest absolute Gasteiger partial charge is 0.414 e. The van der Waals surface area contributed by atoms with E-state index in [0.717, 1.165) is 12.1 Å². The lowest BCUT2D eigenvalue weighted by Crippen LogP contribution is -2.27. The highest BCUT2D eigenvalue weighted by Crippen LogP contribution is 2.23. The number of aromatic carboxylic acids is 1. The van der Waals surface area contributed by atoms with Crippen molar-refractivity contribution in [2.45, 2.75) is 6.10 Å². The van der Waals surface area contributed by atoms with E-state index in [-0.39, 0.29) is 18.8 Å². The number of cyclic esters (lactones) is 1. The normalized spacial score (nSPS) is 18.9. The molecule has 6 nitrogen and oxygen atoms in total. The van der Waals surface area contributed by atoms with Crippen LogP contribution in [0.5, 0.6) is 0 Å². The Labute approximate surface area is 102 Å². The van der Waals surface area contributed by atoms with E-state index in [1.54, 1.807) is 0 Å². The Kier molecular flexibility index (Phi) is 3.15. The van der Waals surface area contributed by atoms with E-state index in [9.17, 15) is 14.0 Å². The molecule has 0 bridgehead atoms. The Balaban J connectivity index is 2.27. The zero-order valence-electron chi connectivity index (χ0n) is 9.30. The van der Waals surface area contributed by atoms with Gasteiger partial charge in [-0.25, -0.2) is 14.0 Å². The van der Waals surface area contributed by atoms with Gasteiger partial charge >= 0.3 is 12.1 Å². The van der Waals surface area contributed by atoms with E-state index in [1.807, 2.05) is 0 Å². The monoisotopic (exact) mass is 254 g/mol. The van der Waals surface area contributed by atoms with Crippen LogP contribution in [0.1, 0.15) is 10.4 Å². The summed E-state index contributed by atoms with van der Waals surface area (Å²) in [6, 6.07) is 3.45. The number of nitrogens with zero attached hydrogens (tertiary/aromatic N) is 1. The fourth-order valence-electron chi connectivity index (χ4n) is 1.70. The third-order valence-corrected chi connectivity index (χ3v) is 2.63. The van der Waals surface area contributed by atoms with Gasteiger partial charge in [0.15, 0.2) is 0 Å². The minimum Gasteiger partial charge on any atom is -0.478 e. The molecule has 0 saturated carbocycles. The first-order chi connectivity index (χ1) is 8.52. The SMILES string of the molecule is NC[C@H]1CN(c2ccc(C(=O)O)c(F)c2)C(=O)O1. The molecule has 1 amide bonds. The Morgan fingerprint density at radius 3 is 2.83 bits per heavy atom. The van der Waals surface area contributed by atoms with Crippen LogP contribution >= 0.6 is 0 Å². The fourth-order valence-corrected chi connectivity index (χ4v) is 1.70. The summed E-state index contributed by atoms with van der Waals surface area (Å²) >= 11 is 0. The number of hydrogen-bond acceptors (Lipinski definition) is 4. The molecule has 1 aromatic rings. The maximum absolute atomic E-state index is 13.5. The molecule has 1 aliphatic heterocycles. The van der Waals surface area contributed by atoms with Crippen molar-refractivity contribution < 1.29 is 23.8 Å². The van der Waals surface area contributed by atoms with Crippen molar-refractivity contribution in [2.75, 3.05) is 18.0 Å². The van der Waals surface area contributed by atoms with Crippen molar-refractivity contribution in [3.63, 3.8) is 0 Å². The van der Waals surface area contributed by atoms with Crippen LogP contribution in [0.4, 0.5) is 14.9 Å². The number of carbonyl (C=O) groups is 2. The lowest BCUT2D eigenvalue weighted by molar-refractivity contribution is 0.0692. The third-order valence-electron chi connectivity index (χ3n) is 2.63. The maximum atomic E-state index is 13.5. The number of halogens is 1. The highest BCUT2D eigenvalue weighted by atomic mass is 19.1. The Morgan fingerprint density at radius 1 is 1.61 bits per heavy atom. The van der Waals surface area contributed by atoms with E-state index in [4.69, 9.17) is 15.6 Å². The van der Waals surface area contributed by atoms with E-state index in [2.05, 4.69) is 0 Å². The number of carboxylic acid groups (broad SMARTS) is 1. The summed E-state index contributed by atoms with van der Waals surface area (Å²) in [5.41, 5.74) is 5.18. The number of ether oxygens (including phenoxy) is 1. The summed E-state index contributed by atoms with van der Waals surface area (Å²) in [6.45, 7) is 0.402. The second kappa shape index (κ2) is 4.61. The fraction of sp³-hybridized carbons (Fsp3) is 0.273. The molecule has 0 spiro atoms. The van der Waals surface area contributed by atoms with Crippen molar-refractivity contribution >= 4 is 17.7 Å². The predicted octanol–water partition coefficient (Wildman–Crippen LogP) is 0.808. The number of hydrogen-bond donors (Lipinski definition) is 2. The number of amides is 1. The Morgan fingerprint density at radius 2 is 2.33 bits per heavy atom. The highest BCUT2D eigenvalue weighted by molar-refractivity contribution is 5.92. The summed E-state index contributed by atoms with van der Waals surface area (Å²) in [6.07, 6.45) is -1.05. The summed E-state index contributed by atoms with van der Waals surface area (Å²) in [4.78, 5) is 23.4. The molecule has 0 radical (unpaired) electrons. The largest absolute Gasteiger partial charge is 0.478 e. The second-order valence-corrected chi connectivity index (χ2v) is 3.82. The van der Waals surface area contributed by atoms with E-state index in [0.29, 0.717) is 0 Å². The van der Waals surface area contributed by atoms with Gasteiger partial charge in [-0.1, -0.05) is 0 Å². The first kappa shape index (κ1) is 12.3. The predicted molar refractivity (Wildman–Crippen MR) is 60.0 cm³/mol. The molecule has 0 unspecified atom stereocenters. The molecule has 1 atom stereocenters. The number of benzene rings is 1. The topological polar surface area (TPSA) is 92.9 Å². The molecular weight excluding hydrogens is 243 g/mol. The molecule has 0 aliphatic carbocycles. The Bertz CT molecular complexity index is 506. The van der Waals surface area contributed by atoms with E-state index in [1.165, 1.54) is 11.0 Å². The number of anilines is 1. The number of carbonyl (C=O) groups excluding carboxylic acids is 1. The molecule has 1 heterocycles. The van der Waals surface area contributed by atoms with Gasteiger partial charge in [0, 0.05) is 6.54 Å². The zero-order chi connectivity index (χ0) is 13.3. The van der Waals surface area contributed by atoms with Gasteiger partial charge in [-0.2, -0.15) is 0 Å². The molecule has 2 rings (SSSR count). The number of nitrogens with two attached hydrogens (primary N) is 1. The molecule has 7 heteroatoms. The van der Waals surface area contributed by atoms with Crippen molar-refractivity contribution in [1.82, 2.24) is 0 Å². The van der Waals surface area contributed by atoms with E-state index < -0.39 is 29.5 Å². The first-order valence-electron chi connectivity index (χ1n) is 5.24. The van der Waals surface area contributed by atoms with Crippen molar-refractivity contribution in [2.24, 2.45) is 5.73 Å². The number of carboxylic acids is 1. The van der Waals surface area contributed by atoms with Gasteiger partial charge in [-0.05, 0) is 18.2 Å². The van der Waals surface area contributed by atoms with Crippen molar-refractivity contribution in [3.05, 3.63) is 29.6 Å². The molecule has 0 aromatic heterocycles. The lowest BCUT2D eigenvalue weighted by atomic mass is 10.2. The van der Waals surface area contributed by atoms with Gasteiger partial charge in [-0.15, -0.1) is 0 Å². The van der Waals surface area contributed by atoms with Gasteiger partial charge in [0.05, 0.1) is 17.8 Å². The molecule has 1 saturated heterocycles. The van der Waals surface area contributed by atoms with Crippen molar-refractivity contribution in [3.8, 4) is 0 Å². The van der Waals surface area contributed by atoms with Crippen LogP contribution < -0.4 is 10.6 Å². The first-order valence-corrected chi connectivity index (χ1v) is 5.24. The minimum absolute atomic E-state index is 0.179. The second-order valence-electron chi connectivity index (χ2n) is 3.82. The van der Waals surface area contributed by atoms with Crippen LogP contribution in [0.2, 0.25) is 0 Å².